The maximum atomic E-state index is 14.7. The van der Waals surface area contributed by atoms with Crippen LogP contribution in [-0.2, 0) is 55.4 Å². The Morgan fingerprint density at radius 1 is 0.760 bits per heavy atom. The number of carbonyl (C=O) groups excluding carboxylic acids is 5. The Balaban J connectivity index is 0.843. The van der Waals surface area contributed by atoms with Crippen molar-refractivity contribution < 1.29 is 60.7 Å². The van der Waals surface area contributed by atoms with Crippen molar-refractivity contribution in [3.63, 3.8) is 0 Å². The molecule has 1 fully saturated rings. The number of rotatable bonds is 18. The van der Waals surface area contributed by atoms with Crippen molar-refractivity contribution in [2.45, 2.75) is 81.2 Å². The van der Waals surface area contributed by atoms with E-state index in [9.17, 15) is 36.9 Å². The number of hydrogen-bond donors (Lipinski definition) is 1. The first-order valence-electron chi connectivity index (χ1n) is 24.1. The number of imide groups is 1. The molecule has 0 spiro atoms. The van der Waals surface area contributed by atoms with Gasteiger partial charge < -0.3 is 33.6 Å². The Labute approximate surface area is 440 Å². The fourth-order valence-corrected chi connectivity index (χ4v) is 13.4. The van der Waals surface area contributed by atoms with E-state index in [-0.39, 0.29) is 67.2 Å². The fourth-order valence-electron chi connectivity index (χ4n) is 9.99. The summed E-state index contributed by atoms with van der Waals surface area (Å²) in [5, 5.41) is -1.78. The van der Waals surface area contributed by atoms with E-state index in [1.54, 1.807) is 35.4 Å². The van der Waals surface area contributed by atoms with Crippen molar-refractivity contribution in [3.05, 3.63) is 125 Å². The summed E-state index contributed by atoms with van der Waals surface area (Å²) in [5.74, 6) is -1.80. The van der Waals surface area contributed by atoms with Crippen LogP contribution in [0.3, 0.4) is 0 Å². The van der Waals surface area contributed by atoms with E-state index in [1.807, 2.05) is 85.5 Å². The van der Waals surface area contributed by atoms with E-state index >= 15 is 0 Å². The van der Waals surface area contributed by atoms with Gasteiger partial charge in [-0.3, -0.25) is 38.6 Å². The Kier molecular flexibility index (Phi) is 14.3. The van der Waals surface area contributed by atoms with Gasteiger partial charge in [-0.05, 0) is 74.2 Å². The number of carbonyl (C=O) groups is 5. The highest BCUT2D eigenvalue weighted by Crippen LogP contribution is 2.46. The van der Waals surface area contributed by atoms with Gasteiger partial charge in [0.2, 0.25) is 0 Å². The number of aliphatic imine (C=N–C) groups is 1. The number of hydroxylamine groups is 2. The van der Waals surface area contributed by atoms with Crippen molar-refractivity contribution in [2.24, 2.45) is 4.99 Å². The van der Waals surface area contributed by atoms with Gasteiger partial charge in [0.15, 0.2) is 28.2 Å². The van der Waals surface area contributed by atoms with Crippen LogP contribution in [0.5, 0.6) is 23.0 Å². The van der Waals surface area contributed by atoms with Crippen molar-refractivity contribution in [1.82, 2.24) is 10.0 Å². The third-order valence-electron chi connectivity index (χ3n) is 13.4. The Morgan fingerprint density at radius 2 is 1.36 bits per heavy atom. The van der Waals surface area contributed by atoms with Gasteiger partial charge in [-0.1, -0.05) is 64.1 Å². The zero-order valence-corrected chi connectivity index (χ0v) is 43.7. The molecule has 0 saturated carbocycles. The van der Waals surface area contributed by atoms with Gasteiger partial charge in [0.1, 0.15) is 13.2 Å². The van der Waals surface area contributed by atoms with Gasteiger partial charge in [-0.15, -0.1) is 5.06 Å². The zero-order valence-electron chi connectivity index (χ0n) is 41.3. The highest BCUT2D eigenvalue weighted by molar-refractivity contribution is 8.77. The number of amides is 4. The zero-order chi connectivity index (χ0) is 52.8. The van der Waals surface area contributed by atoms with Crippen molar-refractivity contribution in [2.75, 3.05) is 47.8 Å². The van der Waals surface area contributed by atoms with Crippen LogP contribution in [0.15, 0.2) is 96.0 Å². The topological polar surface area (TPSA) is 224 Å². The summed E-state index contributed by atoms with van der Waals surface area (Å²) in [6.45, 7) is 4.94. The van der Waals surface area contributed by atoms with Gasteiger partial charge in [-0.2, -0.15) is 8.42 Å². The first kappa shape index (κ1) is 51.4. The molecular weight excluding hydrogens is 1020 g/mol. The van der Waals surface area contributed by atoms with Crippen LogP contribution in [-0.4, -0.2) is 114 Å². The molecule has 19 nitrogen and oxygen atoms in total. The Morgan fingerprint density at radius 3 is 2.01 bits per heavy atom. The monoisotopic (exact) mass is 1080 g/mol. The second kappa shape index (κ2) is 20.9. The lowest BCUT2D eigenvalue weighted by Gasteiger charge is -2.35. The van der Waals surface area contributed by atoms with Crippen molar-refractivity contribution in [1.29, 1.82) is 0 Å². The lowest BCUT2D eigenvalue weighted by molar-refractivity contribution is -0.197. The third kappa shape index (κ3) is 10.5. The molecule has 75 heavy (non-hydrogen) atoms. The predicted molar refractivity (Wildman–Crippen MR) is 282 cm³/mol. The minimum atomic E-state index is -4.96. The molecule has 0 bridgehead atoms. The fraction of sp³-hybridized carbons (Fsp3) is 0.340. The van der Waals surface area contributed by atoms with Crippen LogP contribution in [0, 0.1) is 0 Å². The van der Waals surface area contributed by atoms with E-state index in [0.717, 1.165) is 22.5 Å². The number of methoxy groups -OCH3 is 2. The molecule has 5 aliphatic rings. The highest BCUT2D eigenvalue weighted by atomic mass is 33.1. The quantitative estimate of drug-likeness (QED) is 0.0392. The Hall–Kier alpha value is -7.14. The standard InChI is InChI=1S/C53H52N6O13S3/c1-53(2,74-73-19-18-47(75(65,66)67)52(64)72-59-48(60)16-17-49(59)61)30-56-27-36-21-32-11-6-8-15-41(32)58(36)51(63)38-23-44(69-4)46(25-42(38)56)71-29-34-13-9-12-33(55-34)28-70-45-24-39-37(22-43(45)68-3)50(62)57-35(26-54-39)20-31-10-5-7-14-40(31)57/h5-15,22-26,35-36,47H,16-21,27-30H2,1-4H3,(H,65,66,67)/t35-,36?,47?/m0/s1. The van der Waals surface area contributed by atoms with Crippen molar-refractivity contribution >= 4 is 90.3 Å². The van der Waals surface area contributed by atoms with Crippen LogP contribution < -0.4 is 33.6 Å². The summed E-state index contributed by atoms with van der Waals surface area (Å²) in [7, 11) is 0.765. The van der Waals surface area contributed by atoms with Crippen LogP contribution in [0.25, 0.3) is 0 Å². The normalized spacial score (nSPS) is 18.1. The highest BCUT2D eigenvalue weighted by Gasteiger charge is 2.43. The maximum Gasteiger partial charge on any atom is 0.353 e. The number of anilines is 3. The first-order chi connectivity index (χ1) is 36.0. The number of fused-ring (bicyclic) bond motifs is 8. The molecular formula is C53H52N6O13S3. The van der Waals surface area contributed by atoms with E-state index in [1.165, 1.54) is 35.8 Å². The Bertz CT molecular complexity index is 3260. The smallest absolute Gasteiger partial charge is 0.353 e. The molecule has 0 radical (unpaired) electrons. The molecule has 10 rings (SSSR count). The summed E-state index contributed by atoms with van der Waals surface area (Å²) < 4.78 is 58.3. The number of benzene rings is 4. The summed E-state index contributed by atoms with van der Waals surface area (Å²) in [5.41, 5.74) is 6.92. The summed E-state index contributed by atoms with van der Waals surface area (Å²) in [6, 6.07) is 27.6. The summed E-state index contributed by atoms with van der Waals surface area (Å²) in [4.78, 5) is 85.7. The number of para-hydroxylation sites is 2. The molecule has 6 heterocycles. The number of pyridine rings is 1. The molecule has 4 aromatic carbocycles. The second-order valence-corrected chi connectivity index (χ2v) is 23.8. The molecule has 0 aliphatic carbocycles. The molecule has 3 atom stereocenters. The van der Waals surface area contributed by atoms with Gasteiger partial charge >= 0.3 is 5.97 Å². The largest absolute Gasteiger partial charge is 0.493 e. The van der Waals surface area contributed by atoms with Crippen molar-refractivity contribution in [3.8, 4) is 23.0 Å². The molecule has 1 aromatic heterocycles. The lowest BCUT2D eigenvalue weighted by atomic mass is 10.1. The van der Waals surface area contributed by atoms with E-state index < -0.39 is 37.9 Å². The predicted octanol–water partition coefficient (Wildman–Crippen LogP) is 7.35. The van der Waals surface area contributed by atoms with E-state index in [2.05, 4.69) is 4.90 Å². The number of nitrogens with zero attached hydrogens (tertiary/aromatic N) is 6. The van der Waals surface area contributed by atoms with E-state index in [4.69, 9.17) is 33.8 Å². The molecule has 390 valence electrons. The average Bonchev–Trinajstić information content (AvgIpc) is 4.02. The summed E-state index contributed by atoms with van der Waals surface area (Å²) in [6.07, 6.45) is 2.39. The molecule has 22 heteroatoms. The molecule has 5 aliphatic heterocycles. The van der Waals surface area contributed by atoms with Gasteiger partial charge in [0.05, 0.1) is 60.2 Å². The first-order valence-corrected chi connectivity index (χ1v) is 27.9. The number of ether oxygens (including phenoxy) is 4. The molecule has 4 amide bonds. The second-order valence-electron chi connectivity index (χ2n) is 19.1. The molecule has 5 aromatic rings. The van der Waals surface area contributed by atoms with Crippen LogP contribution in [0.2, 0.25) is 0 Å². The SMILES string of the molecule is COc1cc2c(cc1OCc1cccc(COc3cc4c(cc3OC)C(=O)N3c5ccccc5CC3CN4CC(C)(C)SSCCC(C(=O)ON3C(=O)CCC3=O)S(=O)(=O)O)n1)N=C[C@@H]1Cc3ccccc3N1C2=O. The van der Waals surface area contributed by atoms with E-state index in [0.29, 0.717) is 82.8 Å². The van der Waals surface area contributed by atoms with Gasteiger partial charge in [0, 0.05) is 72.6 Å². The maximum absolute atomic E-state index is 14.7. The number of aromatic nitrogens is 1. The lowest BCUT2D eigenvalue weighted by Crippen LogP contribution is -2.45. The van der Waals surface area contributed by atoms with Crippen LogP contribution >= 0.6 is 21.6 Å². The van der Waals surface area contributed by atoms with Crippen LogP contribution in [0.1, 0.15) is 76.3 Å². The molecule has 2 unspecified atom stereocenters. The summed E-state index contributed by atoms with van der Waals surface area (Å²) >= 11 is 0. The van der Waals surface area contributed by atoms with Gasteiger partial charge in [-0.25, -0.2) is 4.79 Å². The molecule has 1 N–H and O–H groups in total. The van der Waals surface area contributed by atoms with Crippen LogP contribution in [0.4, 0.5) is 22.7 Å². The average molecular weight is 1080 g/mol. The number of hydrogen-bond acceptors (Lipinski definition) is 17. The molecule has 1 saturated heterocycles. The minimum absolute atomic E-state index is 0.0274. The van der Waals surface area contributed by atoms with Gasteiger partial charge in [0.25, 0.3) is 33.7 Å². The third-order valence-corrected chi connectivity index (χ3v) is 17.9. The minimum Gasteiger partial charge on any atom is -0.493 e.